The van der Waals surface area contributed by atoms with Crippen LogP contribution >= 0.6 is 0 Å². The fourth-order valence-electron chi connectivity index (χ4n) is 1.32. The summed E-state index contributed by atoms with van der Waals surface area (Å²) in [6.07, 6.45) is 3.93. The smallest absolute Gasteiger partial charge is 0.188 e. The van der Waals surface area contributed by atoms with E-state index in [-0.39, 0.29) is 0 Å². The first-order valence-corrected chi connectivity index (χ1v) is 5.48. The second-order valence-corrected chi connectivity index (χ2v) is 4.87. The van der Waals surface area contributed by atoms with Crippen LogP contribution in [0.4, 0.5) is 0 Å². The van der Waals surface area contributed by atoms with Gasteiger partial charge in [0.15, 0.2) is 5.96 Å². The molecule has 4 nitrogen and oxygen atoms in total. The van der Waals surface area contributed by atoms with Crippen LogP contribution in [-0.2, 0) is 0 Å². The van der Waals surface area contributed by atoms with Crippen molar-refractivity contribution in [2.24, 2.45) is 22.1 Å². The standard InChI is InChI=1S/C11H20N4/c1-11(2,7-12)8-15-10(13)14-6-9-4-3-5-9/h9H,3-6,8H2,1-2H3,(H3,13,14,15). The van der Waals surface area contributed by atoms with Gasteiger partial charge in [-0.15, -0.1) is 0 Å². The van der Waals surface area contributed by atoms with E-state index in [9.17, 15) is 0 Å². The molecule has 0 aromatic carbocycles. The summed E-state index contributed by atoms with van der Waals surface area (Å²) < 4.78 is 0. The summed E-state index contributed by atoms with van der Waals surface area (Å²) in [4.78, 5) is 4.16. The van der Waals surface area contributed by atoms with Gasteiger partial charge in [0.05, 0.1) is 18.0 Å². The summed E-state index contributed by atoms with van der Waals surface area (Å²) in [7, 11) is 0. The van der Waals surface area contributed by atoms with Gasteiger partial charge < -0.3 is 11.1 Å². The monoisotopic (exact) mass is 208 g/mol. The van der Waals surface area contributed by atoms with E-state index in [0.29, 0.717) is 12.5 Å². The highest BCUT2D eigenvalue weighted by Crippen LogP contribution is 2.24. The highest BCUT2D eigenvalue weighted by molar-refractivity contribution is 5.77. The maximum Gasteiger partial charge on any atom is 0.188 e. The van der Waals surface area contributed by atoms with Crippen molar-refractivity contribution in [3.05, 3.63) is 0 Å². The van der Waals surface area contributed by atoms with Gasteiger partial charge in [0.25, 0.3) is 0 Å². The summed E-state index contributed by atoms with van der Waals surface area (Å²) in [6.45, 7) is 5.08. The summed E-state index contributed by atoms with van der Waals surface area (Å²) in [5.74, 6) is 1.23. The van der Waals surface area contributed by atoms with Crippen LogP contribution in [-0.4, -0.2) is 19.0 Å². The van der Waals surface area contributed by atoms with Crippen LogP contribution in [0.25, 0.3) is 0 Å². The molecule has 0 heterocycles. The Morgan fingerprint density at radius 2 is 2.27 bits per heavy atom. The maximum atomic E-state index is 8.79. The van der Waals surface area contributed by atoms with Crippen molar-refractivity contribution in [2.75, 3.05) is 13.1 Å². The van der Waals surface area contributed by atoms with E-state index >= 15 is 0 Å². The molecule has 0 spiro atoms. The fourth-order valence-corrected chi connectivity index (χ4v) is 1.32. The molecule has 84 valence electrons. The van der Waals surface area contributed by atoms with Gasteiger partial charge in [-0.1, -0.05) is 6.42 Å². The second kappa shape index (κ2) is 5.01. The molecule has 0 aliphatic heterocycles. The molecule has 1 rings (SSSR count). The number of nitrogens with two attached hydrogens (primary N) is 1. The molecule has 0 saturated heterocycles. The summed E-state index contributed by atoms with van der Waals surface area (Å²) in [5, 5.41) is 11.9. The molecule has 1 aliphatic rings. The Balaban J connectivity index is 2.23. The van der Waals surface area contributed by atoms with Crippen LogP contribution in [0, 0.1) is 22.7 Å². The lowest BCUT2D eigenvalue weighted by Gasteiger charge is -2.25. The number of nitriles is 1. The quantitative estimate of drug-likeness (QED) is 0.539. The third-order valence-corrected chi connectivity index (χ3v) is 2.74. The van der Waals surface area contributed by atoms with Gasteiger partial charge in [-0.05, 0) is 32.6 Å². The second-order valence-electron chi connectivity index (χ2n) is 4.87. The van der Waals surface area contributed by atoms with Crippen LogP contribution in [0.1, 0.15) is 33.1 Å². The molecule has 1 aliphatic carbocycles. The zero-order valence-electron chi connectivity index (χ0n) is 9.58. The van der Waals surface area contributed by atoms with E-state index in [4.69, 9.17) is 11.0 Å². The minimum absolute atomic E-state index is 0.428. The highest BCUT2D eigenvalue weighted by atomic mass is 15.1. The van der Waals surface area contributed by atoms with Gasteiger partial charge in [-0.25, -0.2) is 0 Å². The van der Waals surface area contributed by atoms with E-state index in [1.54, 1.807) is 0 Å². The van der Waals surface area contributed by atoms with Crippen LogP contribution in [0.3, 0.4) is 0 Å². The van der Waals surface area contributed by atoms with E-state index in [1.165, 1.54) is 19.3 Å². The van der Waals surface area contributed by atoms with Crippen molar-refractivity contribution in [3.8, 4) is 6.07 Å². The SMILES string of the molecule is CC(C)(C#N)CN=C(N)NCC1CCC1. The predicted molar refractivity (Wildman–Crippen MR) is 61.2 cm³/mol. The van der Waals surface area contributed by atoms with Crippen molar-refractivity contribution in [2.45, 2.75) is 33.1 Å². The number of aliphatic imine (C=N–C) groups is 1. The third-order valence-electron chi connectivity index (χ3n) is 2.74. The lowest BCUT2D eigenvalue weighted by molar-refractivity contribution is 0.315. The van der Waals surface area contributed by atoms with E-state index in [0.717, 1.165) is 12.5 Å². The third kappa shape index (κ3) is 4.20. The Bertz CT molecular complexity index is 271. The molecule has 0 aromatic rings. The lowest BCUT2D eigenvalue weighted by atomic mass is 9.85. The van der Waals surface area contributed by atoms with Crippen molar-refractivity contribution < 1.29 is 0 Å². The van der Waals surface area contributed by atoms with Gasteiger partial charge in [-0.2, -0.15) is 5.26 Å². The van der Waals surface area contributed by atoms with Crippen molar-refractivity contribution >= 4 is 5.96 Å². The molecular formula is C11H20N4. The first-order chi connectivity index (χ1) is 7.03. The van der Waals surface area contributed by atoms with E-state index < -0.39 is 5.41 Å². The first kappa shape index (κ1) is 11.8. The molecule has 0 aromatic heterocycles. The molecule has 1 fully saturated rings. The molecule has 3 N–H and O–H groups in total. The molecule has 15 heavy (non-hydrogen) atoms. The number of hydrogen-bond acceptors (Lipinski definition) is 2. The highest BCUT2D eigenvalue weighted by Gasteiger charge is 2.18. The number of rotatable bonds is 4. The minimum atomic E-state index is -0.428. The lowest BCUT2D eigenvalue weighted by Crippen LogP contribution is -2.37. The van der Waals surface area contributed by atoms with Crippen LogP contribution in [0.15, 0.2) is 4.99 Å². The molecule has 0 radical (unpaired) electrons. The summed E-state index contributed by atoms with van der Waals surface area (Å²) in [5.41, 5.74) is 5.26. The normalized spacial score (nSPS) is 18.1. The molecule has 0 atom stereocenters. The Kier molecular flexibility index (Phi) is 3.96. The van der Waals surface area contributed by atoms with Gasteiger partial charge in [0.1, 0.15) is 0 Å². The van der Waals surface area contributed by atoms with Gasteiger partial charge >= 0.3 is 0 Å². The Hall–Kier alpha value is -1.24. The summed E-state index contributed by atoms with van der Waals surface area (Å²) >= 11 is 0. The van der Waals surface area contributed by atoms with Crippen LogP contribution in [0.5, 0.6) is 0 Å². The molecule has 0 bridgehead atoms. The van der Waals surface area contributed by atoms with Crippen molar-refractivity contribution in [3.63, 3.8) is 0 Å². The fraction of sp³-hybridized carbons (Fsp3) is 0.818. The van der Waals surface area contributed by atoms with Crippen LogP contribution in [0.2, 0.25) is 0 Å². The number of guanidine groups is 1. The Morgan fingerprint density at radius 1 is 1.60 bits per heavy atom. The zero-order chi connectivity index (χ0) is 11.3. The molecular weight excluding hydrogens is 188 g/mol. The largest absolute Gasteiger partial charge is 0.370 e. The zero-order valence-corrected chi connectivity index (χ0v) is 9.58. The Labute approximate surface area is 91.6 Å². The molecule has 1 saturated carbocycles. The predicted octanol–water partition coefficient (Wildman–Crippen LogP) is 1.24. The van der Waals surface area contributed by atoms with Gasteiger partial charge in [-0.3, -0.25) is 4.99 Å². The minimum Gasteiger partial charge on any atom is -0.370 e. The molecule has 4 heteroatoms. The van der Waals surface area contributed by atoms with Gasteiger partial charge in [0.2, 0.25) is 0 Å². The first-order valence-electron chi connectivity index (χ1n) is 5.48. The number of nitrogens with one attached hydrogen (secondary N) is 1. The van der Waals surface area contributed by atoms with Crippen molar-refractivity contribution in [1.82, 2.24) is 5.32 Å². The topological polar surface area (TPSA) is 74.2 Å². The number of nitrogens with zero attached hydrogens (tertiary/aromatic N) is 2. The molecule has 0 amide bonds. The van der Waals surface area contributed by atoms with E-state index in [2.05, 4.69) is 16.4 Å². The van der Waals surface area contributed by atoms with Crippen molar-refractivity contribution in [1.29, 1.82) is 5.26 Å². The summed E-state index contributed by atoms with van der Waals surface area (Å²) in [6, 6.07) is 2.19. The maximum absolute atomic E-state index is 8.79. The Morgan fingerprint density at radius 3 is 2.73 bits per heavy atom. The average Bonchev–Trinajstić information content (AvgIpc) is 2.13. The average molecular weight is 208 g/mol. The number of hydrogen-bond donors (Lipinski definition) is 2. The molecule has 0 unspecified atom stereocenters. The van der Waals surface area contributed by atoms with Gasteiger partial charge in [0, 0.05) is 6.54 Å². The van der Waals surface area contributed by atoms with E-state index in [1.807, 2.05) is 13.8 Å². The van der Waals surface area contributed by atoms with Crippen LogP contribution < -0.4 is 11.1 Å².